The van der Waals surface area contributed by atoms with Crippen molar-refractivity contribution in [3.05, 3.63) is 97.2 Å². The van der Waals surface area contributed by atoms with Crippen molar-refractivity contribution in [2.75, 3.05) is 41.0 Å². The smallest absolute Gasteiger partial charge is 0.362 e. The number of carbonyl (C=O) groups is 3. The molecule has 0 saturated heterocycles. The molecule has 1 N–H and O–H groups in total. The van der Waals surface area contributed by atoms with Crippen molar-refractivity contribution in [1.82, 2.24) is 0 Å². The van der Waals surface area contributed by atoms with Gasteiger partial charge in [0.2, 0.25) is 0 Å². The third-order valence-corrected chi connectivity index (χ3v) is 8.23. The predicted octanol–water partition coefficient (Wildman–Crippen LogP) is 10.7. The lowest BCUT2D eigenvalue weighted by Crippen LogP contribution is -2.50. The molecule has 2 atom stereocenters. The predicted molar refractivity (Wildman–Crippen MR) is 224 cm³/mol. The molecule has 0 rings (SSSR count). The van der Waals surface area contributed by atoms with Crippen LogP contribution in [0.4, 0.5) is 0 Å². The van der Waals surface area contributed by atoms with Crippen LogP contribution in [0.15, 0.2) is 97.2 Å². The number of hydrogen-bond donors (Lipinski definition) is 1. The van der Waals surface area contributed by atoms with Crippen LogP contribution in [0.3, 0.4) is 0 Å². The molecule has 0 spiro atoms. The summed E-state index contributed by atoms with van der Waals surface area (Å²) in [6, 6.07) is -0.632. The van der Waals surface area contributed by atoms with Crippen molar-refractivity contribution in [3.8, 4) is 0 Å². The van der Waals surface area contributed by atoms with Crippen LogP contribution < -0.4 is 0 Å². The van der Waals surface area contributed by atoms with Crippen LogP contribution in [0.5, 0.6) is 0 Å². The first-order valence-electron chi connectivity index (χ1n) is 20.3. The van der Waals surface area contributed by atoms with E-state index in [-0.39, 0.29) is 42.7 Å². The van der Waals surface area contributed by atoms with Gasteiger partial charge in [-0.1, -0.05) is 111 Å². The van der Waals surface area contributed by atoms with Gasteiger partial charge in [-0.3, -0.25) is 9.59 Å². The Morgan fingerprint density at radius 2 is 0.963 bits per heavy atom. The Morgan fingerprint density at radius 1 is 0.556 bits per heavy atom. The molecule has 304 valence electrons. The van der Waals surface area contributed by atoms with Gasteiger partial charge in [0.15, 0.2) is 12.1 Å². The van der Waals surface area contributed by atoms with Gasteiger partial charge < -0.3 is 23.8 Å². The summed E-state index contributed by atoms with van der Waals surface area (Å²) in [5.41, 5.74) is 0. The zero-order valence-electron chi connectivity index (χ0n) is 34.4. The number of quaternary nitrogens is 1. The first-order valence-corrected chi connectivity index (χ1v) is 20.3. The molecule has 0 aromatic carbocycles. The van der Waals surface area contributed by atoms with E-state index in [1.54, 1.807) is 0 Å². The normalized spacial score (nSPS) is 14.0. The van der Waals surface area contributed by atoms with Gasteiger partial charge in [0.1, 0.15) is 6.61 Å². The molecule has 0 aromatic heterocycles. The average molecular weight is 753 g/mol. The van der Waals surface area contributed by atoms with Gasteiger partial charge in [0, 0.05) is 19.3 Å². The number of hydrogen-bond acceptors (Lipinski definition) is 6. The number of nitrogens with zero attached hydrogens (tertiary/aromatic N) is 1. The highest BCUT2D eigenvalue weighted by Gasteiger charge is 2.31. The number of aliphatic carboxylic acids is 1. The second kappa shape index (κ2) is 36.2. The van der Waals surface area contributed by atoms with E-state index in [0.29, 0.717) is 25.7 Å². The maximum Gasteiger partial charge on any atom is 0.362 e. The van der Waals surface area contributed by atoms with Crippen LogP contribution in [-0.4, -0.2) is 80.6 Å². The SMILES string of the molecule is CC/C=C/C/C=C/C/C=C/C/C=C/C/C=C/C/C=C/CCCCC(=O)OC(COCCC(C(=O)O)[N+](C)(C)C)COC(=O)CCCC/C=C/C/C=C/CC. The van der Waals surface area contributed by atoms with E-state index in [4.69, 9.17) is 14.2 Å². The summed E-state index contributed by atoms with van der Waals surface area (Å²) in [5, 5.41) is 9.59. The molecule has 0 radical (unpaired) electrons. The first kappa shape index (κ1) is 50.2. The quantitative estimate of drug-likeness (QED) is 0.0302. The fourth-order valence-corrected chi connectivity index (χ4v) is 5.13. The van der Waals surface area contributed by atoms with Crippen molar-refractivity contribution in [3.63, 3.8) is 0 Å². The summed E-state index contributed by atoms with van der Waals surface area (Å²) in [5.74, 6) is -1.59. The number of rotatable bonds is 34. The fraction of sp³-hybridized carbons (Fsp3) is 0.587. The molecule has 0 aliphatic heterocycles. The zero-order chi connectivity index (χ0) is 40.0. The standard InChI is InChI=1S/C46H73NO7/c1-6-8-10-12-14-16-17-18-19-20-21-22-23-24-25-26-27-29-31-33-35-37-45(49)54-42(40-52-39-38-43(46(50)51)47(3,4)5)41-53-44(48)36-34-32-30-28-15-13-11-9-7-2/h8-11,14-16,18-19,21-22,24-25,27-29,42-43H,6-7,12-13,17,20,23,26,30-41H2,1-5H3/p+1/b10-8+,11-9+,16-14+,19-18+,22-21+,25-24+,28-15+,29-27+. The first-order chi connectivity index (χ1) is 26.1. The third-order valence-electron chi connectivity index (χ3n) is 8.23. The van der Waals surface area contributed by atoms with Crippen LogP contribution in [0.25, 0.3) is 0 Å². The Labute approximate surface area is 328 Å². The van der Waals surface area contributed by atoms with Gasteiger partial charge in [-0.25, -0.2) is 4.79 Å². The van der Waals surface area contributed by atoms with Crippen LogP contribution in [-0.2, 0) is 28.6 Å². The number of likely N-dealkylation sites (N-methyl/N-ethyl adjacent to an activating group) is 1. The minimum Gasteiger partial charge on any atom is -0.477 e. The van der Waals surface area contributed by atoms with Crippen LogP contribution in [0.1, 0.15) is 123 Å². The number of esters is 2. The lowest BCUT2D eigenvalue weighted by atomic mass is 10.1. The van der Waals surface area contributed by atoms with Gasteiger partial charge in [0.25, 0.3) is 0 Å². The molecule has 54 heavy (non-hydrogen) atoms. The summed E-state index contributed by atoms with van der Waals surface area (Å²) < 4.78 is 17.1. The highest BCUT2D eigenvalue weighted by Crippen LogP contribution is 2.11. The maximum atomic E-state index is 12.7. The molecule has 0 amide bonds. The van der Waals surface area contributed by atoms with E-state index < -0.39 is 18.1 Å². The number of ether oxygens (including phenoxy) is 3. The maximum absolute atomic E-state index is 12.7. The second-order valence-corrected chi connectivity index (χ2v) is 14.1. The van der Waals surface area contributed by atoms with Crippen LogP contribution in [0, 0.1) is 0 Å². The van der Waals surface area contributed by atoms with Gasteiger partial charge in [-0.15, -0.1) is 0 Å². The van der Waals surface area contributed by atoms with E-state index in [2.05, 4.69) is 111 Å². The monoisotopic (exact) mass is 753 g/mol. The molecule has 2 unspecified atom stereocenters. The largest absolute Gasteiger partial charge is 0.477 e. The molecule has 0 aliphatic rings. The lowest BCUT2D eigenvalue weighted by molar-refractivity contribution is -0.887. The Balaban J connectivity index is 4.48. The molecule has 0 fully saturated rings. The highest BCUT2D eigenvalue weighted by molar-refractivity contribution is 5.72. The summed E-state index contributed by atoms with van der Waals surface area (Å²) in [6.07, 6.45) is 47.6. The molecular weight excluding hydrogens is 679 g/mol. The zero-order valence-corrected chi connectivity index (χ0v) is 34.4. The number of carbonyl (C=O) groups excluding carboxylic acids is 2. The average Bonchev–Trinajstić information content (AvgIpc) is 3.12. The lowest BCUT2D eigenvalue weighted by Gasteiger charge is -2.31. The van der Waals surface area contributed by atoms with Gasteiger partial charge in [-0.2, -0.15) is 0 Å². The highest BCUT2D eigenvalue weighted by atomic mass is 16.6. The van der Waals surface area contributed by atoms with Crippen LogP contribution in [0.2, 0.25) is 0 Å². The van der Waals surface area contributed by atoms with Crippen molar-refractivity contribution >= 4 is 17.9 Å². The molecule has 0 saturated carbocycles. The van der Waals surface area contributed by atoms with Crippen molar-refractivity contribution in [2.45, 2.75) is 135 Å². The Kier molecular flexibility index (Phi) is 33.7. The molecule has 8 nitrogen and oxygen atoms in total. The summed E-state index contributed by atoms with van der Waals surface area (Å²) in [4.78, 5) is 36.8. The number of unbranched alkanes of at least 4 members (excludes halogenated alkanes) is 4. The van der Waals surface area contributed by atoms with Crippen LogP contribution >= 0.6 is 0 Å². The van der Waals surface area contributed by atoms with Crippen molar-refractivity contribution < 1.29 is 38.2 Å². The molecule has 0 aromatic rings. The molecule has 0 heterocycles. The fourth-order valence-electron chi connectivity index (χ4n) is 5.13. The van der Waals surface area contributed by atoms with E-state index in [1.807, 2.05) is 21.1 Å². The number of allylic oxidation sites excluding steroid dienone is 16. The van der Waals surface area contributed by atoms with E-state index in [1.165, 1.54) is 0 Å². The Bertz CT molecular complexity index is 1200. The minimum absolute atomic E-state index is 0.0261. The number of carboxylic acids is 1. The second-order valence-electron chi connectivity index (χ2n) is 14.1. The Morgan fingerprint density at radius 3 is 1.37 bits per heavy atom. The Hall–Kier alpha value is -3.75. The minimum atomic E-state index is -0.893. The topological polar surface area (TPSA) is 99.1 Å². The number of carboxylic acid groups (broad SMARTS) is 1. The molecule has 0 bridgehead atoms. The summed E-state index contributed by atoms with van der Waals surface area (Å²) in [6.45, 7) is 4.37. The van der Waals surface area contributed by atoms with Gasteiger partial charge in [-0.05, 0) is 89.9 Å². The molecule has 8 heteroatoms. The molecular formula is C46H74NO7+. The summed E-state index contributed by atoms with van der Waals surface area (Å²) in [7, 11) is 5.48. The van der Waals surface area contributed by atoms with Gasteiger partial charge >= 0.3 is 17.9 Å². The van der Waals surface area contributed by atoms with E-state index in [0.717, 1.165) is 77.0 Å². The summed E-state index contributed by atoms with van der Waals surface area (Å²) >= 11 is 0. The third kappa shape index (κ3) is 34.0. The molecule has 0 aliphatic carbocycles. The van der Waals surface area contributed by atoms with E-state index in [9.17, 15) is 19.5 Å². The van der Waals surface area contributed by atoms with Gasteiger partial charge in [0.05, 0.1) is 34.4 Å². The van der Waals surface area contributed by atoms with E-state index >= 15 is 0 Å². The van der Waals surface area contributed by atoms with Crippen molar-refractivity contribution in [1.29, 1.82) is 0 Å². The van der Waals surface area contributed by atoms with Crippen molar-refractivity contribution in [2.24, 2.45) is 0 Å².